The van der Waals surface area contributed by atoms with Gasteiger partial charge in [0.05, 0.1) is 19.4 Å². The highest BCUT2D eigenvalue weighted by Gasteiger charge is 2.22. The number of hydrogen-bond acceptors (Lipinski definition) is 4. The fraction of sp³-hybridized carbons (Fsp3) is 0.179. The monoisotopic (exact) mass is 455 g/mol. The molecule has 6 heteroatoms. The topological polar surface area (TPSA) is 105 Å². The summed E-state index contributed by atoms with van der Waals surface area (Å²) in [6.07, 6.45) is 7.23. The van der Waals surface area contributed by atoms with E-state index in [1.165, 1.54) is 7.11 Å². The molecule has 0 aliphatic heterocycles. The fourth-order valence-electron chi connectivity index (χ4n) is 3.02. The minimum absolute atomic E-state index is 0.00532. The molecule has 4 N–H and O–H groups in total. The van der Waals surface area contributed by atoms with Gasteiger partial charge in [-0.2, -0.15) is 0 Å². The molecule has 0 aliphatic carbocycles. The highest BCUT2D eigenvalue weighted by molar-refractivity contribution is 5.86. The molecule has 1 atom stereocenters. The third-order valence-electron chi connectivity index (χ3n) is 4.73. The van der Waals surface area contributed by atoms with Crippen LogP contribution in [0.15, 0.2) is 91.1 Å². The van der Waals surface area contributed by atoms with Crippen LogP contribution in [0.1, 0.15) is 29.5 Å². The van der Waals surface area contributed by atoms with Crippen LogP contribution in [0.3, 0.4) is 0 Å². The smallest absolute Gasteiger partial charge is 0.328 e. The molecule has 2 aromatic carbocycles. The number of ether oxygens (including phenoxy) is 1. The Morgan fingerprint density at radius 2 is 1.76 bits per heavy atom. The second-order valence-electron chi connectivity index (χ2n) is 7.44. The van der Waals surface area contributed by atoms with Gasteiger partial charge in [0.1, 0.15) is 6.04 Å². The molecule has 0 radical (unpaired) electrons. The number of benzene rings is 2. The summed E-state index contributed by atoms with van der Waals surface area (Å²) in [4.78, 5) is 24.9. The summed E-state index contributed by atoms with van der Waals surface area (Å²) in [5, 5.41) is 10.1. The molecule has 2 rings (SSSR count). The number of hydrogen-bond donors (Lipinski definition) is 3. The number of esters is 1. The third kappa shape index (κ3) is 9.41. The number of allylic oxidation sites excluding steroid dienone is 3. The molecule has 34 heavy (non-hydrogen) atoms. The molecule has 2 aromatic rings. The van der Waals surface area contributed by atoms with Gasteiger partial charge in [0.15, 0.2) is 0 Å². The maximum absolute atomic E-state index is 12.6. The zero-order chi connectivity index (χ0) is 24.8. The molecule has 0 aromatic heterocycles. The molecule has 0 fully saturated rings. The zero-order valence-corrected chi connectivity index (χ0v) is 19.2. The van der Waals surface area contributed by atoms with Gasteiger partial charge in [-0.15, -0.1) is 0 Å². The molecule has 1 amide bonds. The molecule has 0 saturated heterocycles. The first-order chi connectivity index (χ1) is 16.4. The number of carbonyl (C=O) groups excluding carboxylic acids is 2. The quantitative estimate of drug-likeness (QED) is 0.167. The largest absolute Gasteiger partial charge is 0.467 e. The van der Waals surface area contributed by atoms with Crippen LogP contribution >= 0.6 is 0 Å². The lowest BCUT2D eigenvalue weighted by Crippen LogP contribution is -2.43. The average molecular weight is 456 g/mol. The predicted octanol–water partition coefficient (Wildman–Crippen LogP) is 3.67. The van der Waals surface area contributed by atoms with Crippen molar-refractivity contribution in [2.24, 2.45) is 5.73 Å². The van der Waals surface area contributed by atoms with Gasteiger partial charge in [0, 0.05) is 24.0 Å². The van der Waals surface area contributed by atoms with E-state index in [1.807, 2.05) is 54.6 Å². The van der Waals surface area contributed by atoms with Crippen LogP contribution in [0.4, 0.5) is 0 Å². The number of carbonyl (C=O) groups is 2. The number of nitrogens with one attached hydrogen (secondary N) is 2. The number of amidine groups is 1. The van der Waals surface area contributed by atoms with E-state index in [0.29, 0.717) is 5.57 Å². The lowest BCUT2D eigenvalue weighted by atomic mass is 10.0. The summed E-state index contributed by atoms with van der Waals surface area (Å²) in [6.45, 7) is 3.62. The highest BCUT2D eigenvalue weighted by Crippen LogP contribution is 2.10. The van der Waals surface area contributed by atoms with E-state index in [0.717, 1.165) is 16.7 Å². The van der Waals surface area contributed by atoms with Crippen molar-refractivity contribution in [2.75, 3.05) is 7.11 Å². The summed E-state index contributed by atoms with van der Waals surface area (Å²) in [5.74, 6) is 5.34. The predicted molar refractivity (Wildman–Crippen MR) is 135 cm³/mol. The van der Waals surface area contributed by atoms with Crippen LogP contribution in [0.25, 0.3) is 0 Å². The number of rotatable bonds is 10. The Hall–Kier alpha value is -4.37. The first-order valence-corrected chi connectivity index (χ1v) is 10.8. The lowest BCUT2D eigenvalue weighted by molar-refractivity contribution is -0.145. The Labute approximate surface area is 200 Å². The highest BCUT2D eigenvalue weighted by atomic mass is 16.5. The van der Waals surface area contributed by atoms with Gasteiger partial charge in [0.25, 0.3) is 0 Å². The van der Waals surface area contributed by atoms with Crippen molar-refractivity contribution in [2.45, 2.75) is 25.3 Å². The molecule has 6 nitrogen and oxygen atoms in total. The molecule has 0 spiro atoms. The van der Waals surface area contributed by atoms with Gasteiger partial charge in [0.2, 0.25) is 5.91 Å². The third-order valence-corrected chi connectivity index (χ3v) is 4.73. The Kier molecular flexibility index (Phi) is 10.6. The minimum Gasteiger partial charge on any atom is -0.467 e. The molecule has 174 valence electrons. The van der Waals surface area contributed by atoms with Crippen molar-refractivity contribution in [1.29, 1.82) is 5.41 Å². The summed E-state index contributed by atoms with van der Waals surface area (Å²) in [5.41, 5.74) is 8.71. The Morgan fingerprint density at radius 1 is 1.12 bits per heavy atom. The van der Waals surface area contributed by atoms with Gasteiger partial charge < -0.3 is 15.8 Å². The van der Waals surface area contributed by atoms with Crippen molar-refractivity contribution in [3.8, 4) is 11.8 Å². The Bertz CT molecular complexity index is 1120. The maximum atomic E-state index is 12.6. The molecule has 0 bridgehead atoms. The molecule has 0 heterocycles. The number of methoxy groups -OCH3 is 1. The second-order valence-corrected chi connectivity index (χ2v) is 7.44. The van der Waals surface area contributed by atoms with Gasteiger partial charge in [-0.05, 0) is 35.4 Å². The molecule has 1 unspecified atom stereocenters. The fourth-order valence-corrected chi connectivity index (χ4v) is 3.02. The van der Waals surface area contributed by atoms with E-state index >= 15 is 0 Å². The lowest BCUT2D eigenvalue weighted by Gasteiger charge is -2.17. The average Bonchev–Trinajstić information content (AvgIpc) is 2.84. The van der Waals surface area contributed by atoms with Crippen molar-refractivity contribution in [3.63, 3.8) is 0 Å². The van der Waals surface area contributed by atoms with Crippen LogP contribution < -0.4 is 11.1 Å². The second kappa shape index (κ2) is 13.9. The summed E-state index contributed by atoms with van der Waals surface area (Å²) < 4.78 is 4.88. The summed E-state index contributed by atoms with van der Waals surface area (Å²) in [6, 6.07) is 16.4. The minimum atomic E-state index is -0.837. The number of amides is 1. The van der Waals surface area contributed by atoms with Crippen molar-refractivity contribution < 1.29 is 14.3 Å². The van der Waals surface area contributed by atoms with Crippen molar-refractivity contribution in [1.82, 2.24) is 5.32 Å². The first-order valence-electron chi connectivity index (χ1n) is 10.8. The maximum Gasteiger partial charge on any atom is 0.328 e. The van der Waals surface area contributed by atoms with E-state index in [-0.39, 0.29) is 31.0 Å². The van der Waals surface area contributed by atoms with Crippen LogP contribution in [-0.4, -0.2) is 30.9 Å². The van der Waals surface area contributed by atoms with E-state index in [2.05, 4.69) is 23.7 Å². The van der Waals surface area contributed by atoms with Crippen LogP contribution in [0, 0.1) is 17.3 Å². The standard InChI is InChI=1S/C28H29N3O3/c1-3-4-8-23(17-18-26(29)30)20-27(32)31-25(28(33)34-2)19-24-15-13-22(14-16-24)12-11-21-9-6-5-7-10-21/h3-10,13-17,25H,1,18-20H2,2H3,(H3,29,30)(H,31,32)/b8-4-,23-17+. The van der Waals surface area contributed by atoms with Gasteiger partial charge in [-0.1, -0.05) is 73.1 Å². The molecule has 0 aliphatic rings. The summed E-state index contributed by atoms with van der Waals surface area (Å²) >= 11 is 0. The Morgan fingerprint density at radius 3 is 2.35 bits per heavy atom. The molecular formula is C28H29N3O3. The first kappa shape index (κ1) is 25.9. The summed E-state index contributed by atoms with van der Waals surface area (Å²) in [7, 11) is 1.29. The van der Waals surface area contributed by atoms with Gasteiger partial charge in [-0.25, -0.2) is 4.79 Å². The number of nitrogens with two attached hydrogens (primary N) is 1. The van der Waals surface area contributed by atoms with E-state index < -0.39 is 12.0 Å². The van der Waals surface area contributed by atoms with E-state index in [4.69, 9.17) is 15.9 Å². The van der Waals surface area contributed by atoms with Gasteiger partial charge in [-0.3, -0.25) is 10.2 Å². The SMILES string of the molecule is C=C/C=C\C(=C/CC(=N)N)CC(=O)NC(Cc1ccc(C#Cc2ccccc2)cc1)C(=O)OC. The van der Waals surface area contributed by atoms with Crippen molar-refractivity contribution >= 4 is 17.7 Å². The van der Waals surface area contributed by atoms with Crippen LogP contribution in [0.5, 0.6) is 0 Å². The van der Waals surface area contributed by atoms with Crippen LogP contribution in [-0.2, 0) is 20.7 Å². The van der Waals surface area contributed by atoms with Gasteiger partial charge >= 0.3 is 5.97 Å². The molecular weight excluding hydrogens is 426 g/mol. The normalized spacial score (nSPS) is 11.7. The molecule has 0 saturated carbocycles. The Balaban J connectivity index is 2.07. The zero-order valence-electron chi connectivity index (χ0n) is 19.2. The van der Waals surface area contributed by atoms with Crippen molar-refractivity contribution in [3.05, 3.63) is 108 Å². The van der Waals surface area contributed by atoms with E-state index in [1.54, 1.807) is 24.3 Å². The van der Waals surface area contributed by atoms with Crippen LogP contribution in [0.2, 0.25) is 0 Å². The van der Waals surface area contributed by atoms with E-state index in [9.17, 15) is 9.59 Å².